The summed E-state index contributed by atoms with van der Waals surface area (Å²) in [5.74, 6) is 0. The van der Waals surface area contributed by atoms with Crippen LogP contribution in [0.5, 0.6) is 0 Å². The summed E-state index contributed by atoms with van der Waals surface area (Å²) >= 11 is 0. The van der Waals surface area contributed by atoms with Gasteiger partial charge in [-0.3, -0.25) is 10.00 Å². The second-order valence-corrected chi connectivity index (χ2v) is 4.27. The second-order valence-electron chi connectivity index (χ2n) is 4.27. The molecule has 1 aliphatic rings. The molecule has 1 N–H and O–H groups in total. The zero-order chi connectivity index (χ0) is 12.4. The highest BCUT2D eigenvalue weighted by Crippen LogP contribution is 2.20. The van der Waals surface area contributed by atoms with Gasteiger partial charge in [-0.1, -0.05) is 30.3 Å². The molecule has 0 atom stereocenters. The number of nitrogens with one attached hydrogen (secondary N) is 1. The van der Waals surface area contributed by atoms with E-state index in [9.17, 15) is 4.79 Å². The summed E-state index contributed by atoms with van der Waals surface area (Å²) in [4.78, 5) is 13.5. The van der Waals surface area contributed by atoms with Gasteiger partial charge in [0.15, 0.2) is 0 Å². The molecule has 1 aliphatic heterocycles. The first kappa shape index (κ1) is 10.8. The van der Waals surface area contributed by atoms with Crippen LogP contribution in [-0.4, -0.2) is 21.2 Å². The molecule has 0 saturated carbocycles. The van der Waals surface area contributed by atoms with Gasteiger partial charge in [0, 0.05) is 5.56 Å². The van der Waals surface area contributed by atoms with Gasteiger partial charge in [-0.05, 0) is 5.56 Å². The standard InChI is InChI=1S/C13H13N3O2/c17-13(18-9-10-4-2-1-3-5-10)16-7-11-6-14-15-12(11)8-16/h1-6H,7-9H2,(H,14,15). The molecule has 0 aliphatic carbocycles. The summed E-state index contributed by atoms with van der Waals surface area (Å²) < 4.78 is 5.27. The average molecular weight is 243 g/mol. The zero-order valence-corrected chi connectivity index (χ0v) is 9.80. The number of rotatable bonds is 2. The minimum Gasteiger partial charge on any atom is -0.445 e. The Morgan fingerprint density at radius 3 is 2.94 bits per heavy atom. The van der Waals surface area contributed by atoms with Crippen LogP contribution in [0.15, 0.2) is 36.5 Å². The fraction of sp³-hybridized carbons (Fsp3) is 0.231. The molecule has 1 amide bonds. The molecule has 0 bridgehead atoms. The van der Waals surface area contributed by atoms with E-state index in [1.807, 2.05) is 30.3 Å². The molecule has 18 heavy (non-hydrogen) atoms. The molecule has 5 heteroatoms. The molecule has 92 valence electrons. The lowest BCUT2D eigenvalue weighted by Gasteiger charge is -2.15. The number of aromatic amines is 1. The Labute approximate surface area is 104 Å². The van der Waals surface area contributed by atoms with Crippen molar-refractivity contribution >= 4 is 6.09 Å². The average Bonchev–Trinajstić information content (AvgIpc) is 2.98. The SMILES string of the molecule is O=C(OCc1ccccc1)N1Cc2cn[nH]c2C1. The zero-order valence-electron chi connectivity index (χ0n) is 9.80. The van der Waals surface area contributed by atoms with E-state index in [0.29, 0.717) is 19.7 Å². The molecule has 5 nitrogen and oxygen atoms in total. The summed E-state index contributed by atoms with van der Waals surface area (Å²) in [5, 5.41) is 6.80. The second kappa shape index (κ2) is 4.52. The van der Waals surface area contributed by atoms with E-state index >= 15 is 0 Å². The Hall–Kier alpha value is -2.30. The summed E-state index contributed by atoms with van der Waals surface area (Å²) in [6.07, 6.45) is 1.46. The third kappa shape index (κ3) is 2.07. The lowest BCUT2D eigenvalue weighted by Crippen LogP contribution is -2.26. The molecule has 3 rings (SSSR count). The van der Waals surface area contributed by atoms with Crippen molar-refractivity contribution < 1.29 is 9.53 Å². The molecular formula is C13H13N3O2. The fourth-order valence-electron chi connectivity index (χ4n) is 2.00. The van der Waals surface area contributed by atoms with E-state index in [4.69, 9.17) is 4.74 Å². The van der Waals surface area contributed by atoms with Crippen LogP contribution in [0.3, 0.4) is 0 Å². The topological polar surface area (TPSA) is 58.2 Å². The highest BCUT2D eigenvalue weighted by Gasteiger charge is 2.25. The van der Waals surface area contributed by atoms with Gasteiger partial charge in [-0.15, -0.1) is 0 Å². The van der Waals surface area contributed by atoms with Crippen LogP contribution in [0.25, 0.3) is 0 Å². The van der Waals surface area contributed by atoms with Crippen molar-refractivity contribution in [3.63, 3.8) is 0 Å². The predicted octanol–water partition coefficient (Wildman–Crippen LogP) is 2.06. The normalized spacial score (nSPS) is 13.4. The molecule has 0 unspecified atom stereocenters. The molecule has 1 aromatic heterocycles. The van der Waals surface area contributed by atoms with Crippen molar-refractivity contribution in [2.24, 2.45) is 0 Å². The van der Waals surface area contributed by atoms with Crippen molar-refractivity contribution in [2.45, 2.75) is 19.7 Å². The maximum absolute atomic E-state index is 11.9. The van der Waals surface area contributed by atoms with Crippen LogP contribution in [0.2, 0.25) is 0 Å². The molecule has 0 saturated heterocycles. The lowest BCUT2D eigenvalue weighted by molar-refractivity contribution is 0.0951. The van der Waals surface area contributed by atoms with Crippen LogP contribution >= 0.6 is 0 Å². The third-order valence-electron chi connectivity index (χ3n) is 2.98. The Kier molecular flexibility index (Phi) is 2.72. The number of carbonyl (C=O) groups excluding carboxylic acids is 1. The van der Waals surface area contributed by atoms with Gasteiger partial charge in [0.1, 0.15) is 6.61 Å². The van der Waals surface area contributed by atoms with E-state index in [0.717, 1.165) is 16.8 Å². The van der Waals surface area contributed by atoms with Crippen LogP contribution in [0.1, 0.15) is 16.8 Å². The van der Waals surface area contributed by atoms with Gasteiger partial charge in [0.2, 0.25) is 0 Å². The van der Waals surface area contributed by atoms with E-state index in [1.165, 1.54) is 0 Å². The summed E-state index contributed by atoms with van der Waals surface area (Å²) in [5.41, 5.74) is 3.04. The first-order valence-electron chi connectivity index (χ1n) is 5.79. The highest BCUT2D eigenvalue weighted by atomic mass is 16.6. The Balaban J connectivity index is 1.56. The summed E-state index contributed by atoms with van der Waals surface area (Å²) in [7, 11) is 0. The number of hydrogen-bond acceptors (Lipinski definition) is 3. The number of ether oxygens (including phenoxy) is 1. The number of amides is 1. The number of H-pyrrole nitrogens is 1. The van der Waals surface area contributed by atoms with Gasteiger partial charge in [0.05, 0.1) is 25.0 Å². The quantitative estimate of drug-likeness (QED) is 0.878. The molecule has 0 fully saturated rings. The van der Waals surface area contributed by atoms with Gasteiger partial charge < -0.3 is 4.74 Å². The van der Waals surface area contributed by atoms with E-state index < -0.39 is 0 Å². The number of hydrogen-bond donors (Lipinski definition) is 1. The predicted molar refractivity (Wildman–Crippen MR) is 64.5 cm³/mol. The van der Waals surface area contributed by atoms with E-state index in [2.05, 4.69) is 10.2 Å². The van der Waals surface area contributed by atoms with Crippen molar-refractivity contribution in [2.75, 3.05) is 0 Å². The van der Waals surface area contributed by atoms with Crippen molar-refractivity contribution in [3.8, 4) is 0 Å². The molecular weight excluding hydrogens is 230 g/mol. The molecule has 1 aromatic carbocycles. The van der Waals surface area contributed by atoms with Gasteiger partial charge in [-0.2, -0.15) is 5.10 Å². The Morgan fingerprint density at radius 2 is 2.17 bits per heavy atom. The van der Waals surface area contributed by atoms with Crippen LogP contribution < -0.4 is 0 Å². The van der Waals surface area contributed by atoms with Gasteiger partial charge in [0.25, 0.3) is 0 Å². The van der Waals surface area contributed by atoms with E-state index in [-0.39, 0.29) is 6.09 Å². The Morgan fingerprint density at radius 1 is 1.33 bits per heavy atom. The van der Waals surface area contributed by atoms with Gasteiger partial charge in [-0.25, -0.2) is 4.79 Å². The van der Waals surface area contributed by atoms with Crippen molar-refractivity contribution in [3.05, 3.63) is 53.3 Å². The number of aromatic nitrogens is 2. The Bertz CT molecular complexity index is 530. The molecule has 2 heterocycles. The smallest absolute Gasteiger partial charge is 0.410 e. The molecule has 2 aromatic rings. The summed E-state index contributed by atoms with van der Waals surface area (Å²) in [6, 6.07) is 9.66. The highest BCUT2D eigenvalue weighted by molar-refractivity contribution is 5.68. The van der Waals surface area contributed by atoms with Crippen LogP contribution in [0, 0.1) is 0 Å². The first-order valence-corrected chi connectivity index (χ1v) is 5.79. The minimum absolute atomic E-state index is 0.288. The largest absolute Gasteiger partial charge is 0.445 e. The summed E-state index contributed by atoms with van der Waals surface area (Å²) in [6.45, 7) is 1.42. The number of fused-ring (bicyclic) bond motifs is 1. The monoisotopic (exact) mass is 243 g/mol. The third-order valence-corrected chi connectivity index (χ3v) is 2.98. The lowest BCUT2D eigenvalue weighted by atomic mass is 10.2. The van der Waals surface area contributed by atoms with Crippen molar-refractivity contribution in [1.82, 2.24) is 15.1 Å². The molecule has 0 radical (unpaired) electrons. The minimum atomic E-state index is -0.288. The number of carbonyl (C=O) groups is 1. The van der Waals surface area contributed by atoms with E-state index in [1.54, 1.807) is 11.1 Å². The number of benzene rings is 1. The molecule has 0 spiro atoms. The number of nitrogens with zero attached hydrogens (tertiary/aromatic N) is 2. The van der Waals surface area contributed by atoms with Gasteiger partial charge >= 0.3 is 6.09 Å². The maximum atomic E-state index is 11.9. The fourth-order valence-corrected chi connectivity index (χ4v) is 2.00. The first-order chi connectivity index (χ1) is 8.83. The maximum Gasteiger partial charge on any atom is 0.410 e. The van der Waals surface area contributed by atoms with Crippen LogP contribution in [-0.2, 0) is 24.4 Å². The van der Waals surface area contributed by atoms with Crippen molar-refractivity contribution in [1.29, 1.82) is 0 Å². The van der Waals surface area contributed by atoms with Crippen LogP contribution in [0.4, 0.5) is 4.79 Å².